The van der Waals surface area contributed by atoms with Crippen LogP contribution in [0, 0.1) is 11.6 Å². The molecule has 3 N–H and O–H groups in total. The zero-order valence-electron chi connectivity index (χ0n) is 9.88. The van der Waals surface area contributed by atoms with Crippen LogP contribution in [0.1, 0.15) is 10.4 Å². The average Bonchev–Trinajstić information content (AvgIpc) is 2.37. The monoisotopic (exact) mass is 316 g/mol. The zero-order chi connectivity index (χ0) is 14.9. The standard InChI is InChI=1S/C13H8Cl2F2N2O/c14-6-1-2-12(8(15)3-6)19-13(20)7-4-11(18)10(17)5-9(7)16/h1-5H,18H2,(H,19,20). The van der Waals surface area contributed by atoms with E-state index in [4.69, 9.17) is 28.9 Å². The highest BCUT2D eigenvalue weighted by Crippen LogP contribution is 2.26. The lowest BCUT2D eigenvalue weighted by atomic mass is 10.1. The Kier molecular flexibility index (Phi) is 4.11. The van der Waals surface area contributed by atoms with Crippen LogP contribution in [0.2, 0.25) is 10.0 Å². The molecular weight excluding hydrogens is 309 g/mol. The van der Waals surface area contributed by atoms with Crippen LogP contribution in [0.15, 0.2) is 30.3 Å². The van der Waals surface area contributed by atoms with Gasteiger partial charge in [-0.05, 0) is 24.3 Å². The third kappa shape index (κ3) is 3.00. The van der Waals surface area contributed by atoms with E-state index in [1.807, 2.05) is 0 Å². The maximum absolute atomic E-state index is 13.5. The molecule has 7 heteroatoms. The van der Waals surface area contributed by atoms with Gasteiger partial charge in [-0.15, -0.1) is 0 Å². The van der Waals surface area contributed by atoms with Crippen molar-refractivity contribution < 1.29 is 13.6 Å². The molecule has 2 aromatic carbocycles. The highest BCUT2D eigenvalue weighted by Gasteiger charge is 2.16. The quantitative estimate of drug-likeness (QED) is 0.819. The number of nitrogens with one attached hydrogen (secondary N) is 1. The minimum Gasteiger partial charge on any atom is -0.396 e. The Morgan fingerprint density at radius 2 is 1.80 bits per heavy atom. The second-order valence-electron chi connectivity index (χ2n) is 3.93. The molecule has 3 nitrogen and oxygen atoms in total. The maximum atomic E-state index is 13.5. The van der Waals surface area contributed by atoms with Crippen LogP contribution in [0.5, 0.6) is 0 Å². The summed E-state index contributed by atoms with van der Waals surface area (Å²) in [6, 6.07) is 5.87. The normalized spacial score (nSPS) is 10.4. The number of anilines is 2. The minimum absolute atomic E-state index is 0.196. The first-order valence-electron chi connectivity index (χ1n) is 5.39. The van der Waals surface area contributed by atoms with Crippen molar-refractivity contribution >= 4 is 40.5 Å². The molecule has 0 saturated heterocycles. The van der Waals surface area contributed by atoms with E-state index in [0.29, 0.717) is 11.1 Å². The molecule has 0 bridgehead atoms. The van der Waals surface area contributed by atoms with Crippen LogP contribution < -0.4 is 11.1 Å². The van der Waals surface area contributed by atoms with Gasteiger partial charge < -0.3 is 11.1 Å². The van der Waals surface area contributed by atoms with E-state index < -0.39 is 17.5 Å². The van der Waals surface area contributed by atoms with E-state index in [1.165, 1.54) is 18.2 Å². The largest absolute Gasteiger partial charge is 0.396 e. The van der Waals surface area contributed by atoms with Crippen LogP contribution >= 0.6 is 23.2 Å². The second-order valence-corrected chi connectivity index (χ2v) is 4.78. The fourth-order valence-corrected chi connectivity index (χ4v) is 1.98. The zero-order valence-corrected chi connectivity index (χ0v) is 11.4. The summed E-state index contributed by atoms with van der Waals surface area (Å²) < 4.78 is 26.6. The minimum atomic E-state index is -1.01. The molecule has 0 atom stereocenters. The lowest BCUT2D eigenvalue weighted by Crippen LogP contribution is -2.15. The highest BCUT2D eigenvalue weighted by molar-refractivity contribution is 6.36. The SMILES string of the molecule is Nc1cc(C(=O)Nc2ccc(Cl)cc2Cl)c(F)cc1F. The number of halogens is 4. The number of carbonyl (C=O) groups excluding carboxylic acids is 1. The fraction of sp³-hybridized carbons (Fsp3) is 0. The average molecular weight is 317 g/mol. The Morgan fingerprint density at radius 3 is 2.45 bits per heavy atom. The van der Waals surface area contributed by atoms with Crippen molar-refractivity contribution in [1.29, 1.82) is 0 Å². The van der Waals surface area contributed by atoms with E-state index >= 15 is 0 Å². The van der Waals surface area contributed by atoms with E-state index in [1.54, 1.807) is 0 Å². The molecule has 20 heavy (non-hydrogen) atoms. The van der Waals surface area contributed by atoms with Crippen molar-refractivity contribution in [3.63, 3.8) is 0 Å². The molecule has 0 aliphatic heterocycles. The smallest absolute Gasteiger partial charge is 0.258 e. The Hall–Kier alpha value is -1.85. The van der Waals surface area contributed by atoms with Crippen molar-refractivity contribution in [1.82, 2.24) is 0 Å². The number of hydrogen-bond acceptors (Lipinski definition) is 2. The summed E-state index contributed by atoms with van der Waals surface area (Å²) in [6.45, 7) is 0. The molecule has 0 aliphatic rings. The number of nitrogens with two attached hydrogens (primary N) is 1. The topological polar surface area (TPSA) is 55.1 Å². The van der Waals surface area contributed by atoms with Gasteiger partial charge in [0.1, 0.15) is 11.6 Å². The van der Waals surface area contributed by atoms with Gasteiger partial charge in [-0.25, -0.2) is 8.78 Å². The first-order valence-corrected chi connectivity index (χ1v) is 6.15. The first-order chi connectivity index (χ1) is 9.38. The Labute approximate surface area is 123 Å². The summed E-state index contributed by atoms with van der Waals surface area (Å²) >= 11 is 11.6. The molecule has 2 rings (SSSR count). The van der Waals surface area contributed by atoms with Crippen molar-refractivity contribution in [2.45, 2.75) is 0 Å². The lowest BCUT2D eigenvalue weighted by Gasteiger charge is -2.09. The van der Waals surface area contributed by atoms with Gasteiger partial charge in [-0.2, -0.15) is 0 Å². The molecule has 0 saturated carbocycles. The van der Waals surface area contributed by atoms with Crippen molar-refractivity contribution in [2.24, 2.45) is 0 Å². The Balaban J connectivity index is 2.31. The maximum Gasteiger partial charge on any atom is 0.258 e. The summed E-state index contributed by atoms with van der Waals surface area (Å²) in [4.78, 5) is 11.9. The van der Waals surface area contributed by atoms with Crippen molar-refractivity contribution in [3.05, 3.63) is 57.6 Å². The second kappa shape index (κ2) is 5.64. The van der Waals surface area contributed by atoms with Crippen LogP contribution in [0.4, 0.5) is 20.2 Å². The molecule has 104 valence electrons. The van der Waals surface area contributed by atoms with Gasteiger partial charge in [-0.3, -0.25) is 4.79 Å². The summed E-state index contributed by atoms with van der Waals surface area (Å²) in [5.74, 6) is -2.73. The Bertz CT molecular complexity index is 692. The molecule has 0 fully saturated rings. The molecule has 0 radical (unpaired) electrons. The third-order valence-electron chi connectivity index (χ3n) is 2.51. The third-order valence-corrected chi connectivity index (χ3v) is 3.06. The van der Waals surface area contributed by atoms with Crippen LogP contribution in [0.3, 0.4) is 0 Å². The Morgan fingerprint density at radius 1 is 1.10 bits per heavy atom. The van der Waals surface area contributed by atoms with Crippen molar-refractivity contribution in [2.75, 3.05) is 11.1 Å². The molecule has 1 amide bonds. The van der Waals surface area contributed by atoms with Gasteiger partial charge in [0.15, 0.2) is 0 Å². The predicted octanol–water partition coefficient (Wildman–Crippen LogP) is 4.11. The van der Waals surface area contributed by atoms with E-state index in [0.717, 1.165) is 6.07 Å². The molecule has 0 aromatic heterocycles. The van der Waals surface area contributed by atoms with Crippen LogP contribution in [0.25, 0.3) is 0 Å². The number of amides is 1. The molecule has 2 aromatic rings. The van der Waals surface area contributed by atoms with Gasteiger partial charge in [0, 0.05) is 11.1 Å². The summed E-state index contributed by atoms with van der Waals surface area (Å²) in [5, 5.41) is 2.98. The van der Waals surface area contributed by atoms with Crippen LogP contribution in [-0.4, -0.2) is 5.91 Å². The van der Waals surface area contributed by atoms with Gasteiger partial charge in [0.2, 0.25) is 0 Å². The molecule has 0 spiro atoms. The molecule has 0 heterocycles. The van der Waals surface area contributed by atoms with E-state index in [2.05, 4.69) is 5.32 Å². The lowest BCUT2D eigenvalue weighted by molar-refractivity contribution is 0.102. The molecule has 0 unspecified atom stereocenters. The van der Waals surface area contributed by atoms with Crippen molar-refractivity contribution in [3.8, 4) is 0 Å². The first kappa shape index (κ1) is 14.6. The number of rotatable bonds is 2. The van der Waals surface area contributed by atoms with E-state index in [-0.39, 0.29) is 22.0 Å². The van der Waals surface area contributed by atoms with Gasteiger partial charge in [-0.1, -0.05) is 23.2 Å². The highest BCUT2D eigenvalue weighted by atomic mass is 35.5. The number of nitrogen functional groups attached to an aromatic ring is 1. The number of hydrogen-bond donors (Lipinski definition) is 2. The number of carbonyl (C=O) groups is 1. The fourth-order valence-electron chi connectivity index (χ4n) is 1.52. The summed E-state index contributed by atoms with van der Waals surface area (Å²) in [7, 11) is 0. The number of benzene rings is 2. The van der Waals surface area contributed by atoms with E-state index in [9.17, 15) is 13.6 Å². The molecular formula is C13H8Cl2F2N2O. The van der Waals surface area contributed by atoms with Gasteiger partial charge >= 0.3 is 0 Å². The van der Waals surface area contributed by atoms with Gasteiger partial charge in [0.05, 0.1) is 22.0 Å². The molecule has 0 aliphatic carbocycles. The summed E-state index contributed by atoms with van der Waals surface area (Å²) in [6.07, 6.45) is 0. The van der Waals surface area contributed by atoms with Crippen LogP contribution in [-0.2, 0) is 0 Å². The predicted molar refractivity (Wildman–Crippen MR) is 75.2 cm³/mol. The van der Waals surface area contributed by atoms with Gasteiger partial charge in [0.25, 0.3) is 5.91 Å². The summed E-state index contributed by atoms with van der Waals surface area (Å²) in [5.41, 5.74) is 4.86.